The van der Waals surface area contributed by atoms with Gasteiger partial charge in [-0.3, -0.25) is 9.59 Å². The van der Waals surface area contributed by atoms with Crippen LogP contribution in [0.4, 0.5) is 0 Å². The molecule has 0 saturated heterocycles. The van der Waals surface area contributed by atoms with Crippen LogP contribution in [0.15, 0.2) is 47.3 Å². The Morgan fingerprint density at radius 3 is 2.56 bits per heavy atom. The van der Waals surface area contributed by atoms with Crippen LogP contribution in [0, 0.1) is 5.92 Å². The molecule has 134 valence electrons. The number of halogens is 1. The molecule has 1 aromatic carbocycles. The highest BCUT2D eigenvalue weighted by Gasteiger charge is 2.41. The molecule has 7 heteroatoms. The molecule has 1 saturated carbocycles. The minimum absolute atomic E-state index is 0. The Balaban J connectivity index is 0.00000225. The van der Waals surface area contributed by atoms with E-state index in [4.69, 9.17) is 5.73 Å². The zero-order chi connectivity index (χ0) is 17.2. The Kier molecular flexibility index (Phi) is 5.98. The molecule has 1 atom stereocenters. The molecule has 6 nitrogen and oxygen atoms in total. The number of carbonyl (C=O) groups excluding carboxylic acids is 1. The van der Waals surface area contributed by atoms with Crippen molar-refractivity contribution in [3.63, 3.8) is 0 Å². The minimum atomic E-state index is -0.405. The standard InChI is InChI=1S/C18H22N4O2.ClH/c1-18(12-19,14-7-8-14)20-16(23)11-22-17(24)10-9-15(21-22)13-5-3-2-4-6-13;/h2-6,9-10,14H,7-8,11-12,19H2,1H3,(H,20,23);1H. The summed E-state index contributed by atoms with van der Waals surface area (Å²) >= 11 is 0. The highest BCUT2D eigenvalue weighted by molar-refractivity contribution is 5.85. The molecule has 1 unspecified atom stereocenters. The van der Waals surface area contributed by atoms with Gasteiger partial charge in [-0.15, -0.1) is 12.4 Å². The average Bonchev–Trinajstić information content (AvgIpc) is 3.43. The quantitative estimate of drug-likeness (QED) is 0.816. The number of nitrogens with zero attached hydrogens (tertiary/aromatic N) is 2. The zero-order valence-corrected chi connectivity index (χ0v) is 15.0. The third kappa shape index (κ3) is 4.46. The van der Waals surface area contributed by atoms with E-state index < -0.39 is 5.54 Å². The van der Waals surface area contributed by atoms with Gasteiger partial charge < -0.3 is 11.1 Å². The molecule has 0 spiro atoms. The molecule has 0 bridgehead atoms. The number of nitrogens with two attached hydrogens (primary N) is 1. The third-order valence-electron chi connectivity index (χ3n) is 4.56. The van der Waals surface area contributed by atoms with Gasteiger partial charge in [0.2, 0.25) is 5.91 Å². The number of carbonyl (C=O) groups is 1. The average molecular weight is 363 g/mol. The first-order valence-corrected chi connectivity index (χ1v) is 8.16. The summed E-state index contributed by atoms with van der Waals surface area (Å²) in [6.07, 6.45) is 2.16. The fourth-order valence-electron chi connectivity index (χ4n) is 2.86. The number of hydrogen-bond acceptors (Lipinski definition) is 4. The molecule has 3 rings (SSSR count). The van der Waals surface area contributed by atoms with Crippen LogP contribution in [0.2, 0.25) is 0 Å². The summed E-state index contributed by atoms with van der Waals surface area (Å²) in [4.78, 5) is 24.4. The van der Waals surface area contributed by atoms with Crippen LogP contribution in [0.1, 0.15) is 19.8 Å². The number of amides is 1. The molecule has 1 aliphatic carbocycles. The number of hydrogen-bond donors (Lipinski definition) is 2. The molecule has 1 amide bonds. The topological polar surface area (TPSA) is 90.0 Å². The highest BCUT2D eigenvalue weighted by atomic mass is 35.5. The summed E-state index contributed by atoms with van der Waals surface area (Å²) in [6, 6.07) is 12.7. The minimum Gasteiger partial charge on any atom is -0.348 e. The zero-order valence-electron chi connectivity index (χ0n) is 14.1. The Morgan fingerprint density at radius 1 is 1.28 bits per heavy atom. The molecule has 0 radical (unpaired) electrons. The Morgan fingerprint density at radius 2 is 1.96 bits per heavy atom. The van der Waals surface area contributed by atoms with Crippen molar-refractivity contribution in [2.24, 2.45) is 11.7 Å². The van der Waals surface area contributed by atoms with Gasteiger partial charge in [0, 0.05) is 18.2 Å². The Bertz CT molecular complexity index is 789. The van der Waals surface area contributed by atoms with Crippen molar-refractivity contribution in [2.75, 3.05) is 6.54 Å². The van der Waals surface area contributed by atoms with Crippen LogP contribution in [0.25, 0.3) is 11.3 Å². The summed E-state index contributed by atoms with van der Waals surface area (Å²) in [5, 5.41) is 7.29. The fraction of sp³-hybridized carbons (Fsp3) is 0.389. The van der Waals surface area contributed by atoms with Crippen LogP contribution in [-0.2, 0) is 11.3 Å². The van der Waals surface area contributed by atoms with Crippen LogP contribution in [-0.4, -0.2) is 27.8 Å². The molecule has 1 heterocycles. The fourth-order valence-corrected chi connectivity index (χ4v) is 2.86. The van der Waals surface area contributed by atoms with Gasteiger partial charge >= 0.3 is 0 Å². The predicted octanol–water partition coefficient (Wildman–Crippen LogP) is 1.58. The summed E-state index contributed by atoms with van der Waals surface area (Å²) in [7, 11) is 0. The van der Waals surface area contributed by atoms with Crippen molar-refractivity contribution in [1.29, 1.82) is 0 Å². The van der Waals surface area contributed by atoms with E-state index in [9.17, 15) is 9.59 Å². The normalized spacial score (nSPS) is 15.8. The predicted molar refractivity (Wildman–Crippen MR) is 99.5 cm³/mol. The van der Waals surface area contributed by atoms with E-state index >= 15 is 0 Å². The maximum Gasteiger partial charge on any atom is 0.267 e. The molecule has 0 aliphatic heterocycles. The number of aromatic nitrogens is 2. The van der Waals surface area contributed by atoms with Crippen molar-refractivity contribution in [2.45, 2.75) is 31.8 Å². The largest absolute Gasteiger partial charge is 0.348 e. The monoisotopic (exact) mass is 362 g/mol. The van der Waals surface area contributed by atoms with E-state index in [1.54, 1.807) is 6.07 Å². The smallest absolute Gasteiger partial charge is 0.267 e. The van der Waals surface area contributed by atoms with Gasteiger partial charge in [0.1, 0.15) is 6.54 Å². The lowest BCUT2D eigenvalue weighted by molar-refractivity contribution is -0.123. The maximum atomic E-state index is 12.4. The van der Waals surface area contributed by atoms with Crippen LogP contribution in [0.5, 0.6) is 0 Å². The van der Waals surface area contributed by atoms with Crippen LogP contribution in [0.3, 0.4) is 0 Å². The van der Waals surface area contributed by atoms with E-state index in [-0.39, 0.29) is 30.4 Å². The van der Waals surface area contributed by atoms with Crippen molar-refractivity contribution in [3.05, 3.63) is 52.8 Å². The molecule has 1 aliphatic rings. The second kappa shape index (κ2) is 7.80. The van der Waals surface area contributed by atoms with Crippen molar-refractivity contribution in [1.82, 2.24) is 15.1 Å². The van der Waals surface area contributed by atoms with Crippen molar-refractivity contribution >= 4 is 18.3 Å². The molecule has 2 aromatic rings. The lowest BCUT2D eigenvalue weighted by Gasteiger charge is -2.29. The third-order valence-corrected chi connectivity index (χ3v) is 4.56. The summed E-state index contributed by atoms with van der Waals surface area (Å²) in [5.41, 5.74) is 6.67. The van der Waals surface area contributed by atoms with Gasteiger partial charge in [0.25, 0.3) is 5.56 Å². The van der Waals surface area contributed by atoms with Gasteiger partial charge in [-0.05, 0) is 31.7 Å². The van der Waals surface area contributed by atoms with Crippen LogP contribution >= 0.6 is 12.4 Å². The number of benzene rings is 1. The molecular formula is C18H23ClN4O2. The van der Waals surface area contributed by atoms with Crippen molar-refractivity contribution < 1.29 is 4.79 Å². The maximum absolute atomic E-state index is 12.4. The number of rotatable bonds is 6. The van der Waals surface area contributed by atoms with E-state index in [1.807, 2.05) is 37.3 Å². The first kappa shape index (κ1) is 19.1. The number of nitrogens with one attached hydrogen (secondary N) is 1. The molecule has 1 aromatic heterocycles. The van der Waals surface area contributed by atoms with Gasteiger partial charge in [-0.1, -0.05) is 30.3 Å². The molecule has 1 fully saturated rings. The highest BCUT2D eigenvalue weighted by Crippen LogP contribution is 2.38. The second-order valence-electron chi connectivity index (χ2n) is 6.52. The van der Waals surface area contributed by atoms with Gasteiger partial charge in [0.15, 0.2) is 0 Å². The summed E-state index contributed by atoms with van der Waals surface area (Å²) in [5.74, 6) is 0.182. The van der Waals surface area contributed by atoms with E-state index in [0.717, 1.165) is 18.4 Å². The SMILES string of the molecule is CC(CN)(NC(=O)Cn1nc(-c2ccccc2)ccc1=O)C1CC1.Cl. The van der Waals surface area contributed by atoms with Gasteiger partial charge in [0.05, 0.1) is 11.2 Å². The molecular weight excluding hydrogens is 340 g/mol. The lowest BCUT2D eigenvalue weighted by Crippen LogP contribution is -2.54. The second-order valence-corrected chi connectivity index (χ2v) is 6.52. The van der Waals surface area contributed by atoms with Crippen LogP contribution < -0.4 is 16.6 Å². The Labute approximate surface area is 152 Å². The van der Waals surface area contributed by atoms with Gasteiger partial charge in [-0.2, -0.15) is 5.10 Å². The summed E-state index contributed by atoms with van der Waals surface area (Å²) in [6.45, 7) is 2.23. The van der Waals surface area contributed by atoms with E-state index in [2.05, 4.69) is 10.4 Å². The van der Waals surface area contributed by atoms with E-state index in [0.29, 0.717) is 18.2 Å². The Hall–Kier alpha value is -2.18. The first-order valence-electron chi connectivity index (χ1n) is 8.16. The van der Waals surface area contributed by atoms with E-state index in [1.165, 1.54) is 10.7 Å². The first-order chi connectivity index (χ1) is 11.5. The van der Waals surface area contributed by atoms with Gasteiger partial charge in [-0.25, -0.2) is 4.68 Å². The van der Waals surface area contributed by atoms with Crippen molar-refractivity contribution in [3.8, 4) is 11.3 Å². The molecule has 25 heavy (non-hydrogen) atoms. The lowest BCUT2D eigenvalue weighted by atomic mass is 9.96. The summed E-state index contributed by atoms with van der Waals surface area (Å²) < 4.78 is 1.20. The molecule has 3 N–H and O–H groups in total.